The van der Waals surface area contributed by atoms with Crippen LogP contribution in [-0.4, -0.2) is 22.7 Å². The van der Waals surface area contributed by atoms with Crippen molar-refractivity contribution >= 4 is 34.4 Å². The Hall–Kier alpha value is -1.75. The van der Waals surface area contributed by atoms with Gasteiger partial charge < -0.3 is 9.72 Å². The number of carbonyl (C=O) groups excluding carboxylic acids is 2. The smallest absolute Gasteiger partial charge is 0.303 e. The molecule has 0 atom stereocenters. The standard InChI is InChI=1S/C13H13NO3S/c1-8(15)10-6-14-11-4-3-5-12(13(10)11)18-7-17-9(2)16/h3-6,14H,7H2,1-2H3. The largest absolute Gasteiger partial charge is 0.454 e. The van der Waals surface area contributed by atoms with Gasteiger partial charge in [-0.3, -0.25) is 9.59 Å². The molecule has 0 saturated heterocycles. The summed E-state index contributed by atoms with van der Waals surface area (Å²) in [6.45, 7) is 2.91. The molecule has 0 fully saturated rings. The summed E-state index contributed by atoms with van der Waals surface area (Å²) < 4.78 is 4.90. The Balaban J connectivity index is 2.34. The molecular weight excluding hydrogens is 250 g/mol. The van der Waals surface area contributed by atoms with Gasteiger partial charge in [0.1, 0.15) is 5.94 Å². The second-order valence-corrected chi connectivity index (χ2v) is 4.80. The molecule has 0 spiro atoms. The van der Waals surface area contributed by atoms with Crippen LogP contribution in [0.3, 0.4) is 0 Å². The van der Waals surface area contributed by atoms with Crippen molar-refractivity contribution in [2.45, 2.75) is 18.7 Å². The number of fused-ring (bicyclic) bond motifs is 1. The van der Waals surface area contributed by atoms with Gasteiger partial charge in [0.25, 0.3) is 0 Å². The lowest BCUT2D eigenvalue weighted by Gasteiger charge is -2.05. The summed E-state index contributed by atoms with van der Waals surface area (Å²) in [7, 11) is 0. The Morgan fingerprint density at radius 1 is 1.33 bits per heavy atom. The van der Waals surface area contributed by atoms with Gasteiger partial charge in [0.15, 0.2) is 5.78 Å². The van der Waals surface area contributed by atoms with Gasteiger partial charge in [-0.15, -0.1) is 0 Å². The van der Waals surface area contributed by atoms with Crippen molar-refractivity contribution in [1.29, 1.82) is 0 Å². The van der Waals surface area contributed by atoms with E-state index in [-0.39, 0.29) is 17.7 Å². The highest BCUT2D eigenvalue weighted by Gasteiger charge is 2.12. The summed E-state index contributed by atoms with van der Waals surface area (Å²) in [6, 6.07) is 5.73. The first-order valence-corrected chi connectivity index (χ1v) is 6.45. The lowest BCUT2D eigenvalue weighted by molar-refractivity contribution is -0.138. The number of benzene rings is 1. The van der Waals surface area contributed by atoms with Crippen LogP contribution in [0.1, 0.15) is 24.2 Å². The molecule has 1 aromatic carbocycles. The molecule has 0 aliphatic carbocycles. The minimum atomic E-state index is -0.310. The molecule has 0 saturated carbocycles. The number of H-pyrrole nitrogens is 1. The minimum absolute atomic E-state index is 0.0155. The number of aromatic nitrogens is 1. The predicted octanol–water partition coefficient (Wildman–Crippen LogP) is 2.98. The summed E-state index contributed by atoms with van der Waals surface area (Å²) in [5, 5.41) is 0.891. The normalized spacial score (nSPS) is 10.6. The van der Waals surface area contributed by atoms with Crippen LogP contribution in [0, 0.1) is 0 Å². The maximum atomic E-state index is 11.5. The monoisotopic (exact) mass is 263 g/mol. The fraction of sp³-hybridized carbons (Fsp3) is 0.231. The highest BCUT2D eigenvalue weighted by molar-refractivity contribution is 7.99. The maximum Gasteiger partial charge on any atom is 0.303 e. The van der Waals surface area contributed by atoms with Crippen LogP contribution in [0.2, 0.25) is 0 Å². The Bertz CT molecular complexity index is 603. The number of ether oxygens (including phenoxy) is 1. The number of nitrogens with one attached hydrogen (secondary N) is 1. The fourth-order valence-electron chi connectivity index (χ4n) is 1.73. The van der Waals surface area contributed by atoms with E-state index in [0.717, 1.165) is 15.8 Å². The fourth-order valence-corrected chi connectivity index (χ4v) is 2.62. The average molecular weight is 263 g/mol. The zero-order valence-corrected chi connectivity index (χ0v) is 11.0. The van der Waals surface area contributed by atoms with Crippen LogP contribution in [0.5, 0.6) is 0 Å². The first kappa shape index (κ1) is 12.7. The average Bonchev–Trinajstić information content (AvgIpc) is 2.73. The van der Waals surface area contributed by atoms with Crippen LogP contribution in [0.4, 0.5) is 0 Å². The highest BCUT2D eigenvalue weighted by Crippen LogP contribution is 2.30. The summed E-state index contributed by atoms with van der Waals surface area (Å²) in [5.41, 5.74) is 1.57. The van der Waals surface area contributed by atoms with E-state index in [2.05, 4.69) is 4.98 Å². The molecule has 18 heavy (non-hydrogen) atoms. The third-order valence-electron chi connectivity index (χ3n) is 2.52. The number of ketones is 1. The molecule has 0 aliphatic rings. The molecule has 2 rings (SSSR count). The van der Waals surface area contributed by atoms with Crippen LogP contribution in [-0.2, 0) is 9.53 Å². The van der Waals surface area contributed by atoms with Gasteiger partial charge in [-0.2, -0.15) is 0 Å². The molecule has 0 unspecified atom stereocenters. The molecule has 94 valence electrons. The quantitative estimate of drug-likeness (QED) is 0.399. The van der Waals surface area contributed by atoms with Crippen molar-refractivity contribution in [2.24, 2.45) is 0 Å². The lowest BCUT2D eigenvalue weighted by atomic mass is 10.1. The zero-order valence-electron chi connectivity index (χ0n) is 10.1. The molecule has 2 aromatic rings. The number of carbonyl (C=O) groups is 2. The number of Topliss-reactive ketones (excluding diaryl/α,β-unsaturated/α-hetero) is 1. The van der Waals surface area contributed by atoms with Gasteiger partial charge in [0.2, 0.25) is 0 Å². The van der Waals surface area contributed by atoms with Gasteiger partial charge in [0.05, 0.1) is 0 Å². The summed E-state index contributed by atoms with van der Waals surface area (Å²) in [5.74, 6) is -0.0472. The van der Waals surface area contributed by atoms with Gasteiger partial charge >= 0.3 is 5.97 Å². The van der Waals surface area contributed by atoms with Crippen LogP contribution in [0.15, 0.2) is 29.3 Å². The van der Waals surface area contributed by atoms with E-state index in [9.17, 15) is 9.59 Å². The number of thioether (sulfide) groups is 1. The topological polar surface area (TPSA) is 59.2 Å². The van der Waals surface area contributed by atoms with Crippen molar-refractivity contribution in [3.8, 4) is 0 Å². The van der Waals surface area contributed by atoms with E-state index in [1.54, 1.807) is 6.20 Å². The number of aromatic amines is 1. The van der Waals surface area contributed by atoms with Crippen molar-refractivity contribution in [2.75, 3.05) is 5.94 Å². The van der Waals surface area contributed by atoms with Crippen LogP contribution >= 0.6 is 11.8 Å². The molecule has 1 N–H and O–H groups in total. The SMILES string of the molecule is CC(=O)OCSc1cccc2[nH]cc(C(C)=O)c12. The second kappa shape index (κ2) is 5.27. The van der Waals surface area contributed by atoms with E-state index < -0.39 is 0 Å². The highest BCUT2D eigenvalue weighted by atomic mass is 32.2. The van der Waals surface area contributed by atoms with Crippen LogP contribution < -0.4 is 0 Å². The Morgan fingerprint density at radius 2 is 2.11 bits per heavy atom. The zero-order chi connectivity index (χ0) is 13.1. The van der Waals surface area contributed by atoms with E-state index in [0.29, 0.717) is 5.56 Å². The number of hydrogen-bond donors (Lipinski definition) is 1. The van der Waals surface area contributed by atoms with E-state index >= 15 is 0 Å². The molecule has 4 nitrogen and oxygen atoms in total. The molecule has 0 aliphatic heterocycles. The van der Waals surface area contributed by atoms with Gasteiger partial charge in [-0.25, -0.2) is 0 Å². The first-order chi connectivity index (χ1) is 8.59. The molecule has 5 heteroatoms. The summed E-state index contributed by atoms with van der Waals surface area (Å²) >= 11 is 1.40. The number of esters is 1. The Kier molecular flexibility index (Phi) is 3.72. The molecular formula is C13H13NO3S. The van der Waals surface area contributed by atoms with Crippen molar-refractivity contribution in [3.63, 3.8) is 0 Å². The van der Waals surface area contributed by atoms with Gasteiger partial charge in [-0.1, -0.05) is 17.8 Å². The summed E-state index contributed by atoms with van der Waals surface area (Å²) in [4.78, 5) is 26.3. The molecule has 0 amide bonds. The molecule has 1 heterocycles. The van der Waals surface area contributed by atoms with E-state index in [4.69, 9.17) is 4.74 Å². The molecule has 0 bridgehead atoms. The van der Waals surface area contributed by atoms with Crippen LogP contribution in [0.25, 0.3) is 10.9 Å². The van der Waals surface area contributed by atoms with Crippen molar-refractivity contribution < 1.29 is 14.3 Å². The first-order valence-electron chi connectivity index (χ1n) is 5.47. The third-order valence-corrected chi connectivity index (χ3v) is 3.41. The number of hydrogen-bond acceptors (Lipinski definition) is 4. The van der Waals surface area contributed by atoms with Gasteiger partial charge in [-0.05, 0) is 19.1 Å². The molecule has 0 radical (unpaired) electrons. The third kappa shape index (κ3) is 2.56. The number of rotatable bonds is 4. The van der Waals surface area contributed by atoms with Crippen molar-refractivity contribution in [3.05, 3.63) is 30.0 Å². The summed E-state index contributed by atoms with van der Waals surface area (Å²) in [6.07, 6.45) is 1.71. The lowest BCUT2D eigenvalue weighted by Crippen LogP contribution is -1.97. The Morgan fingerprint density at radius 3 is 2.78 bits per heavy atom. The predicted molar refractivity (Wildman–Crippen MR) is 70.8 cm³/mol. The second-order valence-electron chi connectivity index (χ2n) is 3.84. The van der Waals surface area contributed by atoms with E-state index in [1.165, 1.54) is 25.6 Å². The molecule has 1 aromatic heterocycles. The maximum absolute atomic E-state index is 11.5. The van der Waals surface area contributed by atoms with E-state index in [1.807, 2.05) is 18.2 Å². The van der Waals surface area contributed by atoms with Crippen molar-refractivity contribution in [1.82, 2.24) is 4.98 Å². The minimum Gasteiger partial charge on any atom is -0.454 e. The van der Waals surface area contributed by atoms with Gasteiger partial charge in [0, 0.05) is 34.5 Å². The Labute approximate surface area is 109 Å².